The number of carbonyl (C=O) groups excluding carboxylic acids is 1. The highest BCUT2D eigenvalue weighted by Gasteiger charge is 2.29. The van der Waals surface area contributed by atoms with Gasteiger partial charge in [-0.15, -0.1) is 0 Å². The summed E-state index contributed by atoms with van der Waals surface area (Å²) in [5.74, 6) is -3.46. The molecule has 0 unspecified atom stereocenters. The molecule has 9 heteroatoms. The molecule has 0 saturated heterocycles. The Bertz CT molecular complexity index is 1290. The van der Waals surface area contributed by atoms with Crippen molar-refractivity contribution >= 4 is 33.1 Å². The molecule has 0 spiro atoms. The van der Waals surface area contributed by atoms with E-state index in [1.807, 2.05) is 0 Å². The predicted octanol–water partition coefficient (Wildman–Crippen LogP) is 5.32. The number of sulfonamides is 1. The van der Waals surface area contributed by atoms with Gasteiger partial charge in [-0.05, 0) is 66.4 Å². The second-order valence-corrected chi connectivity index (χ2v) is 9.74. The lowest BCUT2D eigenvalue weighted by atomic mass is 9.97. The summed E-state index contributed by atoms with van der Waals surface area (Å²) < 4.78 is 69.0. The number of carbonyl (C=O) groups is 1. The summed E-state index contributed by atoms with van der Waals surface area (Å²) in [6, 6.07) is 11.1. The average molecular weight is 480 g/mol. The molecule has 0 bridgehead atoms. The Kier molecular flexibility index (Phi) is 6.01. The second-order valence-electron chi connectivity index (χ2n) is 7.44. The Hall–Kier alpha value is -2.84. The number of rotatable bonds is 5. The van der Waals surface area contributed by atoms with Crippen LogP contribution in [0.25, 0.3) is 0 Å². The van der Waals surface area contributed by atoms with Crippen molar-refractivity contribution in [2.45, 2.75) is 24.2 Å². The molecule has 0 radical (unpaired) electrons. The molecule has 4 nitrogen and oxygen atoms in total. The van der Waals surface area contributed by atoms with E-state index < -0.39 is 38.8 Å². The highest BCUT2D eigenvalue weighted by Crippen LogP contribution is 2.33. The summed E-state index contributed by atoms with van der Waals surface area (Å²) in [6.45, 7) is 0.213. The molecule has 0 fully saturated rings. The molecule has 3 aromatic carbocycles. The van der Waals surface area contributed by atoms with Crippen LogP contribution in [0.2, 0.25) is 5.02 Å². The molecule has 32 heavy (non-hydrogen) atoms. The molecule has 1 aliphatic heterocycles. The molecule has 0 aromatic heterocycles. The SMILES string of the molecule is O=C(Cc1ccc2c(c1)N(S(=O)(=O)c1ccc(F)cc1)CCC2)c1c(F)cc(Cl)cc1F. The van der Waals surface area contributed by atoms with Gasteiger partial charge >= 0.3 is 0 Å². The first-order chi connectivity index (χ1) is 15.2. The van der Waals surface area contributed by atoms with Crippen LogP contribution in [0.5, 0.6) is 0 Å². The number of ketones is 1. The van der Waals surface area contributed by atoms with Crippen molar-refractivity contribution < 1.29 is 26.4 Å². The van der Waals surface area contributed by atoms with Crippen molar-refractivity contribution in [2.24, 2.45) is 0 Å². The van der Waals surface area contributed by atoms with Crippen LogP contribution in [0.1, 0.15) is 27.9 Å². The third-order valence-corrected chi connectivity index (χ3v) is 7.32. The van der Waals surface area contributed by atoms with E-state index in [1.54, 1.807) is 18.2 Å². The minimum Gasteiger partial charge on any atom is -0.294 e. The number of benzene rings is 3. The van der Waals surface area contributed by atoms with Gasteiger partial charge in [0.15, 0.2) is 5.78 Å². The lowest BCUT2D eigenvalue weighted by Crippen LogP contribution is -2.35. The van der Waals surface area contributed by atoms with Crippen molar-refractivity contribution in [3.8, 4) is 0 Å². The minimum atomic E-state index is -3.96. The zero-order chi connectivity index (χ0) is 23.0. The number of halogens is 4. The predicted molar refractivity (Wildman–Crippen MR) is 115 cm³/mol. The molecular weight excluding hydrogens is 463 g/mol. The third kappa shape index (κ3) is 4.25. The maximum Gasteiger partial charge on any atom is 0.264 e. The highest BCUT2D eigenvalue weighted by molar-refractivity contribution is 7.92. The Morgan fingerprint density at radius 1 is 0.969 bits per heavy atom. The normalized spacial score (nSPS) is 13.7. The van der Waals surface area contributed by atoms with Gasteiger partial charge in [-0.2, -0.15) is 0 Å². The maximum atomic E-state index is 14.1. The minimum absolute atomic E-state index is 0.0569. The van der Waals surface area contributed by atoms with Gasteiger partial charge in [-0.1, -0.05) is 23.7 Å². The van der Waals surface area contributed by atoms with Crippen LogP contribution in [-0.4, -0.2) is 20.7 Å². The zero-order valence-electron chi connectivity index (χ0n) is 16.6. The lowest BCUT2D eigenvalue weighted by Gasteiger charge is -2.31. The first kappa shape index (κ1) is 22.4. The molecule has 0 amide bonds. The Balaban J connectivity index is 1.68. The van der Waals surface area contributed by atoms with E-state index in [-0.39, 0.29) is 22.9 Å². The van der Waals surface area contributed by atoms with E-state index >= 15 is 0 Å². The summed E-state index contributed by atoms with van der Waals surface area (Å²) in [6.07, 6.45) is 0.902. The van der Waals surface area contributed by atoms with Crippen LogP contribution in [0.4, 0.5) is 18.9 Å². The fourth-order valence-electron chi connectivity index (χ4n) is 3.76. The molecule has 0 N–H and O–H groups in total. The van der Waals surface area contributed by atoms with Gasteiger partial charge in [0, 0.05) is 18.0 Å². The fourth-order valence-corrected chi connectivity index (χ4v) is 5.49. The van der Waals surface area contributed by atoms with Crippen LogP contribution in [-0.2, 0) is 22.9 Å². The van der Waals surface area contributed by atoms with Crippen molar-refractivity contribution in [3.05, 3.63) is 93.8 Å². The highest BCUT2D eigenvalue weighted by atomic mass is 35.5. The standard InChI is InChI=1S/C23H17ClF3NO3S/c24-16-12-19(26)23(20(27)13-16)22(29)11-14-3-4-15-2-1-9-28(21(15)10-14)32(30,31)18-7-5-17(25)6-8-18/h3-8,10,12-13H,1-2,9,11H2. The number of anilines is 1. The van der Waals surface area contributed by atoms with Crippen LogP contribution < -0.4 is 4.31 Å². The number of Topliss-reactive ketones (excluding diaryl/α,β-unsaturated/α-hetero) is 1. The van der Waals surface area contributed by atoms with Crippen molar-refractivity contribution in [1.82, 2.24) is 0 Å². The Morgan fingerprint density at radius 3 is 2.28 bits per heavy atom. The van der Waals surface area contributed by atoms with Gasteiger partial charge in [-0.3, -0.25) is 9.10 Å². The lowest BCUT2D eigenvalue weighted by molar-refractivity contribution is 0.0985. The van der Waals surface area contributed by atoms with Gasteiger partial charge in [0.2, 0.25) is 0 Å². The molecular formula is C23H17ClF3NO3S. The van der Waals surface area contributed by atoms with Crippen molar-refractivity contribution in [3.63, 3.8) is 0 Å². The second kappa shape index (κ2) is 8.60. The first-order valence-corrected chi connectivity index (χ1v) is 11.6. The Morgan fingerprint density at radius 2 is 1.62 bits per heavy atom. The zero-order valence-corrected chi connectivity index (χ0v) is 18.2. The number of hydrogen-bond acceptors (Lipinski definition) is 3. The molecule has 4 rings (SSSR count). The van der Waals surface area contributed by atoms with Crippen LogP contribution in [0.3, 0.4) is 0 Å². The van der Waals surface area contributed by atoms with Crippen LogP contribution in [0, 0.1) is 17.5 Å². The summed E-state index contributed by atoms with van der Waals surface area (Å²) >= 11 is 5.61. The van der Waals surface area contributed by atoms with Crippen molar-refractivity contribution in [2.75, 3.05) is 10.8 Å². The van der Waals surface area contributed by atoms with E-state index in [2.05, 4.69) is 0 Å². The van der Waals surface area contributed by atoms with E-state index in [1.165, 1.54) is 16.4 Å². The van der Waals surface area contributed by atoms with E-state index in [0.717, 1.165) is 29.8 Å². The molecule has 3 aromatic rings. The fraction of sp³-hybridized carbons (Fsp3) is 0.174. The van der Waals surface area contributed by atoms with Crippen molar-refractivity contribution in [1.29, 1.82) is 0 Å². The first-order valence-electron chi connectivity index (χ1n) is 9.74. The van der Waals surface area contributed by atoms with Gasteiger partial charge in [-0.25, -0.2) is 21.6 Å². The number of aryl methyl sites for hydroxylation is 1. The molecule has 0 aliphatic carbocycles. The molecule has 166 valence electrons. The monoisotopic (exact) mass is 479 g/mol. The van der Waals surface area contributed by atoms with E-state index in [9.17, 15) is 26.4 Å². The van der Waals surface area contributed by atoms with Gasteiger partial charge in [0.25, 0.3) is 10.0 Å². The molecule has 1 heterocycles. The smallest absolute Gasteiger partial charge is 0.264 e. The number of fused-ring (bicyclic) bond motifs is 1. The summed E-state index contributed by atoms with van der Waals surface area (Å²) in [5.41, 5.74) is 0.872. The number of nitrogens with zero attached hydrogens (tertiary/aromatic N) is 1. The number of hydrogen-bond donors (Lipinski definition) is 0. The van der Waals surface area contributed by atoms with Gasteiger partial charge in [0.1, 0.15) is 17.5 Å². The quantitative estimate of drug-likeness (QED) is 0.465. The largest absolute Gasteiger partial charge is 0.294 e. The summed E-state index contributed by atoms with van der Waals surface area (Å²) in [4.78, 5) is 12.5. The van der Waals surface area contributed by atoms with Crippen LogP contribution in [0.15, 0.2) is 59.5 Å². The molecule has 1 aliphatic rings. The summed E-state index contributed by atoms with van der Waals surface area (Å²) in [5, 5.41) is -0.160. The van der Waals surface area contributed by atoms with E-state index in [4.69, 9.17) is 11.6 Å². The molecule has 0 saturated carbocycles. The average Bonchev–Trinajstić information content (AvgIpc) is 2.72. The topological polar surface area (TPSA) is 54.5 Å². The van der Waals surface area contributed by atoms with Gasteiger partial charge in [0.05, 0.1) is 16.1 Å². The van der Waals surface area contributed by atoms with Crippen LogP contribution >= 0.6 is 11.6 Å². The van der Waals surface area contributed by atoms with Gasteiger partial charge < -0.3 is 0 Å². The summed E-state index contributed by atoms with van der Waals surface area (Å²) in [7, 11) is -3.96. The Labute approximate surface area is 188 Å². The molecule has 0 atom stereocenters. The maximum absolute atomic E-state index is 14.1. The third-order valence-electron chi connectivity index (χ3n) is 5.28. The van der Waals surface area contributed by atoms with E-state index in [0.29, 0.717) is 24.1 Å².